The third-order valence-corrected chi connectivity index (χ3v) is 10.4. The molecule has 5 amide bonds. The number of anilines is 3. The Kier molecular flexibility index (Phi) is 10.5. The van der Waals surface area contributed by atoms with Crippen LogP contribution < -0.4 is 25.4 Å². The van der Waals surface area contributed by atoms with E-state index in [1.165, 1.54) is 31.6 Å². The van der Waals surface area contributed by atoms with Crippen molar-refractivity contribution < 1.29 is 37.8 Å². The number of likely N-dealkylation sites (tertiary alicyclic amines) is 1. The van der Waals surface area contributed by atoms with E-state index in [1.54, 1.807) is 29.2 Å². The maximum Gasteiger partial charge on any atom is 0.264 e. The molecule has 3 aliphatic heterocycles. The maximum absolute atomic E-state index is 14.8. The van der Waals surface area contributed by atoms with Crippen LogP contribution in [0.4, 0.5) is 21.6 Å². The minimum atomic E-state index is -1.05. The zero-order valence-electron chi connectivity index (χ0n) is 28.9. The number of benzene rings is 3. The number of carbonyl (C=O) groups excluding carboxylic acids is 5. The first-order valence-electron chi connectivity index (χ1n) is 17.3. The Morgan fingerprint density at radius 2 is 1.80 bits per heavy atom. The van der Waals surface area contributed by atoms with E-state index in [1.807, 2.05) is 0 Å². The lowest BCUT2D eigenvalue weighted by Crippen LogP contribution is -2.54. The Bertz CT molecular complexity index is 2200. The number of hydrogen-bond acceptors (Lipinski definition) is 11. The van der Waals surface area contributed by atoms with E-state index < -0.39 is 35.5 Å². The lowest BCUT2D eigenvalue weighted by Gasteiger charge is -2.32. The summed E-state index contributed by atoms with van der Waals surface area (Å²) in [7, 11) is 1.52. The van der Waals surface area contributed by atoms with Crippen molar-refractivity contribution in [2.75, 3.05) is 37.4 Å². The molecule has 14 nitrogen and oxygen atoms in total. The molecule has 0 saturated carbocycles. The average molecular weight is 779 g/mol. The summed E-state index contributed by atoms with van der Waals surface area (Å²) in [4.78, 5) is 74.9. The van der Waals surface area contributed by atoms with Gasteiger partial charge in [0.25, 0.3) is 11.8 Å². The summed E-state index contributed by atoms with van der Waals surface area (Å²) in [5.41, 5.74) is 1.42. The molecule has 4 aromatic rings. The second kappa shape index (κ2) is 15.4. The van der Waals surface area contributed by atoms with Crippen LogP contribution in [0.25, 0.3) is 10.9 Å². The standard InChI is InChI=1S/C37H34Cl2FN7O7/c1-53-27-17-25-21(34(43-18-42-25)44-24-8-7-22(38)32(39)33(24)40)16-28(27)54-19-11-14-46(15-12-19)30(49)6-3-13-41-23-5-2-4-20-31(23)37(52)47(36(20)51)26-9-10-29(48)45-35(26)50/h2,4-5,7-8,16-19,26,41H,3,6,9-15H2,1H3,(H,42,43,44)(H,45,48,50). The van der Waals surface area contributed by atoms with Crippen LogP contribution in [0, 0.1) is 5.82 Å². The Morgan fingerprint density at radius 1 is 1.00 bits per heavy atom. The number of amides is 5. The van der Waals surface area contributed by atoms with Gasteiger partial charge >= 0.3 is 0 Å². The van der Waals surface area contributed by atoms with Gasteiger partial charge in [-0.2, -0.15) is 0 Å². The van der Waals surface area contributed by atoms with E-state index in [0.29, 0.717) is 72.8 Å². The summed E-state index contributed by atoms with van der Waals surface area (Å²) in [5, 5.41) is 8.78. The minimum absolute atomic E-state index is 0.0190. The highest BCUT2D eigenvalue weighted by atomic mass is 35.5. The SMILES string of the molecule is COc1cc2ncnc(Nc3ccc(Cl)c(Cl)c3F)c2cc1OC1CCN(C(=O)CCCNc2cccc3c2C(=O)N(C2CCC(=O)NC2=O)C3=O)CC1. The highest BCUT2D eigenvalue weighted by Gasteiger charge is 2.45. The Balaban J connectivity index is 0.927. The summed E-state index contributed by atoms with van der Waals surface area (Å²) in [6.45, 7) is 1.33. The van der Waals surface area contributed by atoms with E-state index in [9.17, 15) is 28.4 Å². The fourth-order valence-corrected chi connectivity index (χ4v) is 7.16. The van der Waals surface area contributed by atoms with E-state index in [4.69, 9.17) is 32.7 Å². The number of imide groups is 2. The van der Waals surface area contributed by atoms with Gasteiger partial charge in [0.2, 0.25) is 17.7 Å². The third kappa shape index (κ3) is 7.20. The maximum atomic E-state index is 14.8. The molecule has 280 valence electrons. The number of methoxy groups -OCH3 is 1. The molecule has 0 aliphatic carbocycles. The second-order valence-corrected chi connectivity index (χ2v) is 13.8. The molecule has 17 heteroatoms. The largest absolute Gasteiger partial charge is 0.493 e. The van der Waals surface area contributed by atoms with Crippen molar-refractivity contribution in [3.63, 3.8) is 0 Å². The van der Waals surface area contributed by atoms with Gasteiger partial charge in [-0.1, -0.05) is 29.3 Å². The summed E-state index contributed by atoms with van der Waals surface area (Å²) >= 11 is 11.9. The normalized spacial score (nSPS) is 17.4. The van der Waals surface area contributed by atoms with Gasteiger partial charge in [0.1, 0.15) is 24.3 Å². The summed E-state index contributed by atoms with van der Waals surface area (Å²) in [6, 6.07) is 10.2. The van der Waals surface area contributed by atoms with E-state index in [0.717, 1.165) is 4.90 Å². The molecule has 54 heavy (non-hydrogen) atoms. The van der Waals surface area contributed by atoms with Gasteiger partial charge in [-0.05, 0) is 43.2 Å². The molecule has 3 aliphatic rings. The lowest BCUT2D eigenvalue weighted by molar-refractivity contribution is -0.136. The summed E-state index contributed by atoms with van der Waals surface area (Å²) in [6.07, 6.45) is 3.12. The number of halogens is 3. The molecule has 0 spiro atoms. The summed E-state index contributed by atoms with van der Waals surface area (Å²) in [5.74, 6) is -1.80. The number of aromatic nitrogens is 2. The Hall–Kier alpha value is -5.54. The average Bonchev–Trinajstić information content (AvgIpc) is 3.42. The summed E-state index contributed by atoms with van der Waals surface area (Å²) < 4.78 is 26.8. The van der Waals surface area contributed by atoms with Crippen LogP contribution in [0.1, 0.15) is 59.2 Å². The number of nitrogens with one attached hydrogen (secondary N) is 3. The van der Waals surface area contributed by atoms with Crippen LogP contribution in [-0.2, 0) is 14.4 Å². The highest BCUT2D eigenvalue weighted by molar-refractivity contribution is 6.42. The first kappa shape index (κ1) is 36.8. The van der Waals surface area contributed by atoms with Crippen LogP contribution in [0.5, 0.6) is 11.5 Å². The van der Waals surface area contributed by atoms with Gasteiger partial charge in [-0.3, -0.25) is 34.2 Å². The topological polar surface area (TPSA) is 172 Å². The smallest absolute Gasteiger partial charge is 0.264 e. The monoisotopic (exact) mass is 777 g/mol. The lowest BCUT2D eigenvalue weighted by atomic mass is 10.0. The zero-order chi connectivity index (χ0) is 38.1. The number of rotatable bonds is 11. The molecule has 0 bridgehead atoms. The first-order valence-corrected chi connectivity index (χ1v) is 18.1. The molecule has 1 atom stereocenters. The number of carbonyl (C=O) groups is 5. The molecule has 7 rings (SSSR count). The number of fused-ring (bicyclic) bond motifs is 2. The van der Waals surface area contributed by atoms with Crippen LogP contribution in [-0.4, -0.2) is 88.2 Å². The van der Waals surface area contributed by atoms with Gasteiger partial charge in [0.15, 0.2) is 17.3 Å². The zero-order valence-corrected chi connectivity index (χ0v) is 30.4. The molecule has 2 saturated heterocycles. The van der Waals surface area contributed by atoms with Gasteiger partial charge < -0.3 is 25.0 Å². The molecule has 3 aromatic carbocycles. The van der Waals surface area contributed by atoms with Gasteiger partial charge in [0, 0.05) is 62.5 Å². The van der Waals surface area contributed by atoms with Crippen LogP contribution in [0.15, 0.2) is 48.8 Å². The fourth-order valence-electron chi connectivity index (χ4n) is 6.85. The Labute approximate surface area is 318 Å². The van der Waals surface area contributed by atoms with E-state index in [2.05, 4.69) is 25.9 Å². The number of ether oxygens (including phenoxy) is 2. The van der Waals surface area contributed by atoms with Crippen LogP contribution in [0.3, 0.4) is 0 Å². The van der Waals surface area contributed by atoms with E-state index >= 15 is 0 Å². The first-order chi connectivity index (χ1) is 26.0. The van der Waals surface area contributed by atoms with E-state index in [-0.39, 0.29) is 58.1 Å². The van der Waals surface area contributed by atoms with Crippen molar-refractivity contribution in [3.05, 3.63) is 75.8 Å². The minimum Gasteiger partial charge on any atom is -0.493 e. The van der Waals surface area contributed by atoms with Crippen LogP contribution in [0.2, 0.25) is 10.0 Å². The predicted octanol–water partition coefficient (Wildman–Crippen LogP) is 5.49. The molecular weight excluding hydrogens is 744 g/mol. The third-order valence-electron chi connectivity index (χ3n) is 9.65. The van der Waals surface area contributed by atoms with Gasteiger partial charge in [-0.15, -0.1) is 0 Å². The molecule has 0 radical (unpaired) electrons. The molecule has 4 heterocycles. The molecule has 1 unspecified atom stereocenters. The van der Waals surface area contributed by atoms with Crippen molar-refractivity contribution in [1.82, 2.24) is 25.1 Å². The van der Waals surface area contributed by atoms with Crippen molar-refractivity contribution in [2.24, 2.45) is 0 Å². The van der Waals surface area contributed by atoms with Gasteiger partial charge in [0.05, 0.1) is 39.5 Å². The molecular formula is C37H34Cl2FN7O7. The van der Waals surface area contributed by atoms with Crippen molar-refractivity contribution in [3.8, 4) is 11.5 Å². The number of hydrogen-bond donors (Lipinski definition) is 3. The predicted molar refractivity (Wildman–Crippen MR) is 197 cm³/mol. The van der Waals surface area contributed by atoms with Crippen molar-refractivity contribution in [2.45, 2.75) is 50.7 Å². The van der Waals surface area contributed by atoms with Crippen molar-refractivity contribution >= 4 is 80.8 Å². The van der Waals surface area contributed by atoms with Crippen LogP contribution >= 0.6 is 23.2 Å². The fraction of sp³-hybridized carbons (Fsp3) is 0.324. The van der Waals surface area contributed by atoms with Gasteiger partial charge in [-0.25, -0.2) is 14.4 Å². The quantitative estimate of drug-likeness (QED) is 0.0999. The molecule has 2 fully saturated rings. The molecule has 1 aromatic heterocycles. The van der Waals surface area contributed by atoms with Crippen molar-refractivity contribution in [1.29, 1.82) is 0 Å². The Morgan fingerprint density at radius 3 is 2.56 bits per heavy atom. The molecule has 3 N–H and O–H groups in total. The number of piperidine rings is 2. The number of nitrogens with zero attached hydrogens (tertiary/aromatic N) is 4. The second-order valence-electron chi connectivity index (χ2n) is 13.0. The highest BCUT2D eigenvalue weighted by Crippen LogP contribution is 2.38.